The minimum atomic E-state index is -0.702. The molecule has 2 aliphatic rings. The molecule has 0 aromatic carbocycles. The Hall–Kier alpha value is -0.550. The van der Waals surface area contributed by atoms with Crippen molar-refractivity contribution in [3.8, 4) is 6.07 Å². The van der Waals surface area contributed by atoms with Gasteiger partial charge >= 0.3 is 0 Å². The van der Waals surface area contributed by atoms with Crippen LogP contribution < -0.4 is 0 Å². The lowest BCUT2D eigenvalue weighted by atomic mass is 9.64. The number of nitriles is 1. The fourth-order valence-corrected chi connectivity index (χ4v) is 3.55. The molecular formula is C14H23NO. The zero-order chi connectivity index (χ0) is 11.6. The minimum Gasteiger partial charge on any atom is -0.388 e. The normalized spacial score (nSPS) is 28.8. The van der Waals surface area contributed by atoms with Gasteiger partial charge in [-0.2, -0.15) is 5.26 Å². The SMILES string of the molecule is CCC(O)(C1CC1)C1(C#N)CCCCCC1. The van der Waals surface area contributed by atoms with E-state index in [1.165, 1.54) is 12.8 Å². The van der Waals surface area contributed by atoms with Gasteiger partial charge in [0.15, 0.2) is 0 Å². The van der Waals surface area contributed by atoms with E-state index in [1.807, 2.05) is 6.92 Å². The maximum Gasteiger partial charge on any atom is 0.0862 e. The van der Waals surface area contributed by atoms with E-state index in [4.69, 9.17) is 0 Å². The summed E-state index contributed by atoms with van der Waals surface area (Å²) in [7, 11) is 0. The Labute approximate surface area is 98.7 Å². The molecule has 1 atom stereocenters. The fraction of sp³-hybridized carbons (Fsp3) is 0.929. The van der Waals surface area contributed by atoms with E-state index < -0.39 is 11.0 Å². The summed E-state index contributed by atoms with van der Waals surface area (Å²) in [5.41, 5.74) is -1.15. The van der Waals surface area contributed by atoms with E-state index in [0.717, 1.165) is 44.9 Å². The molecule has 2 saturated carbocycles. The highest BCUT2D eigenvalue weighted by Gasteiger charge is 2.56. The second kappa shape index (κ2) is 4.37. The average molecular weight is 221 g/mol. The van der Waals surface area contributed by atoms with Gasteiger partial charge in [-0.25, -0.2) is 0 Å². The molecule has 0 radical (unpaired) electrons. The second-order valence-electron chi connectivity index (χ2n) is 5.66. The molecule has 90 valence electrons. The Morgan fingerprint density at radius 3 is 2.19 bits per heavy atom. The van der Waals surface area contributed by atoms with Gasteiger partial charge in [0.2, 0.25) is 0 Å². The van der Waals surface area contributed by atoms with Gasteiger partial charge in [0.1, 0.15) is 0 Å². The molecule has 1 unspecified atom stereocenters. The van der Waals surface area contributed by atoms with Crippen LogP contribution in [-0.2, 0) is 0 Å². The highest BCUT2D eigenvalue weighted by molar-refractivity contribution is 5.16. The lowest BCUT2D eigenvalue weighted by Gasteiger charge is -2.42. The molecule has 0 spiro atoms. The van der Waals surface area contributed by atoms with E-state index in [-0.39, 0.29) is 0 Å². The quantitative estimate of drug-likeness (QED) is 0.742. The van der Waals surface area contributed by atoms with E-state index in [9.17, 15) is 10.4 Å². The second-order valence-corrected chi connectivity index (χ2v) is 5.66. The van der Waals surface area contributed by atoms with Crippen LogP contribution in [0.25, 0.3) is 0 Å². The molecule has 0 bridgehead atoms. The highest BCUT2D eigenvalue weighted by Crippen LogP contribution is 2.55. The summed E-state index contributed by atoms with van der Waals surface area (Å²) in [5, 5.41) is 20.5. The molecule has 2 rings (SSSR count). The van der Waals surface area contributed by atoms with Crippen LogP contribution in [0.4, 0.5) is 0 Å². The molecule has 0 amide bonds. The molecule has 0 aromatic rings. The van der Waals surface area contributed by atoms with Crippen molar-refractivity contribution in [1.82, 2.24) is 0 Å². The third-order valence-corrected chi connectivity index (χ3v) is 4.79. The summed E-state index contributed by atoms with van der Waals surface area (Å²) >= 11 is 0. The molecule has 0 saturated heterocycles. The monoisotopic (exact) mass is 221 g/mol. The van der Waals surface area contributed by atoms with Crippen LogP contribution in [0.1, 0.15) is 64.7 Å². The predicted molar refractivity (Wildman–Crippen MR) is 63.7 cm³/mol. The van der Waals surface area contributed by atoms with Crippen molar-refractivity contribution in [3.05, 3.63) is 0 Å². The Morgan fingerprint density at radius 1 is 1.25 bits per heavy atom. The zero-order valence-corrected chi connectivity index (χ0v) is 10.3. The van der Waals surface area contributed by atoms with Crippen LogP contribution in [0.15, 0.2) is 0 Å². The van der Waals surface area contributed by atoms with E-state index in [2.05, 4.69) is 6.07 Å². The molecule has 0 heterocycles. The zero-order valence-electron chi connectivity index (χ0n) is 10.3. The summed E-state index contributed by atoms with van der Waals surface area (Å²) < 4.78 is 0. The third kappa shape index (κ3) is 1.76. The molecule has 2 fully saturated rings. The summed E-state index contributed by atoms with van der Waals surface area (Å²) in [4.78, 5) is 0. The first-order valence-corrected chi connectivity index (χ1v) is 6.82. The van der Waals surface area contributed by atoms with Gasteiger partial charge in [-0.1, -0.05) is 32.6 Å². The molecule has 2 heteroatoms. The summed E-state index contributed by atoms with van der Waals surface area (Å²) in [6.45, 7) is 2.04. The number of nitrogens with zero attached hydrogens (tertiary/aromatic N) is 1. The van der Waals surface area contributed by atoms with Crippen LogP contribution in [0.2, 0.25) is 0 Å². The van der Waals surface area contributed by atoms with Crippen LogP contribution in [0.5, 0.6) is 0 Å². The van der Waals surface area contributed by atoms with E-state index in [1.54, 1.807) is 0 Å². The van der Waals surface area contributed by atoms with E-state index >= 15 is 0 Å². The Bertz CT molecular complexity index is 282. The van der Waals surface area contributed by atoms with Gasteiger partial charge in [-0.3, -0.25) is 0 Å². The van der Waals surface area contributed by atoms with Crippen LogP contribution in [0, 0.1) is 22.7 Å². The Balaban J connectivity index is 2.27. The predicted octanol–water partition coefficient (Wildman–Crippen LogP) is 3.40. The molecule has 0 aliphatic heterocycles. The van der Waals surface area contributed by atoms with Crippen molar-refractivity contribution in [3.63, 3.8) is 0 Å². The Kier molecular flexibility index (Phi) is 3.26. The molecule has 2 nitrogen and oxygen atoms in total. The number of rotatable bonds is 3. The van der Waals surface area contributed by atoms with Crippen molar-refractivity contribution < 1.29 is 5.11 Å². The van der Waals surface area contributed by atoms with Gasteiger partial charge in [0, 0.05) is 0 Å². The lowest BCUT2D eigenvalue weighted by Crippen LogP contribution is -2.49. The summed E-state index contributed by atoms with van der Waals surface area (Å²) in [6, 6.07) is 2.52. The van der Waals surface area contributed by atoms with Crippen molar-refractivity contribution in [2.75, 3.05) is 0 Å². The van der Waals surface area contributed by atoms with Crippen LogP contribution in [0.3, 0.4) is 0 Å². The fourth-order valence-electron chi connectivity index (χ4n) is 3.55. The third-order valence-electron chi connectivity index (χ3n) is 4.79. The molecule has 16 heavy (non-hydrogen) atoms. The maximum atomic E-state index is 10.9. The maximum absolute atomic E-state index is 10.9. The molecule has 0 aromatic heterocycles. The first-order chi connectivity index (χ1) is 7.68. The minimum absolute atomic E-state index is 0.398. The standard InChI is InChI=1S/C14H23NO/c1-2-14(16,12-7-8-12)13(11-15)9-5-3-4-6-10-13/h12,16H,2-10H2,1H3. The van der Waals surface area contributed by atoms with E-state index in [0.29, 0.717) is 5.92 Å². The lowest BCUT2D eigenvalue weighted by molar-refractivity contribution is -0.0845. The van der Waals surface area contributed by atoms with Gasteiger partial charge in [0.05, 0.1) is 17.1 Å². The van der Waals surface area contributed by atoms with Crippen molar-refractivity contribution in [2.24, 2.45) is 11.3 Å². The first kappa shape index (κ1) is 11.9. The van der Waals surface area contributed by atoms with Crippen LogP contribution >= 0.6 is 0 Å². The van der Waals surface area contributed by atoms with Gasteiger partial charge in [-0.05, 0) is 38.0 Å². The summed E-state index contributed by atoms with van der Waals surface area (Å²) in [5.74, 6) is 0.398. The smallest absolute Gasteiger partial charge is 0.0862 e. The molecule has 1 N–H and O–H groups in total. The van der Waals surface area contributed by atoms with Gasteiger partial charge in [0.25, 0.3) is 0 Å². The number of aliphatic hydroxyl groups is 1. The molecule has 2 aliphatic carbocycles. The average Bonchev–Trinajstić information content (AvgIpc) is 3.14. The largest absolute Gasteiger partial charge is 0.388 e. The highest BCUT2D eigenvalue weighted by atomic mass is 16.3. The van der Waals surface area contributed by atoms with Crippen molar-refractivity contribution in [2.45, 2.75) is 70.3 Å². The van der Waals surface area contributed by atoms with Crippen molar-refractivity contribution in [1.29, 1.82) is 5.26 Å². The molecular weight excluding hydrogens is 198 g/mol. The topological polar surface area (TPSA) is 44.0 Å². The number of hydrogen-bond donors (Lipinski definition) is 1. The summed E-state index contributed by atoms with van der Waals surface area (Å²) in [6.07, 6.45) is 9.48. The van der Waals surface area contributed by atoms with Gasteiger partial charge in [-0.15, -0.1) is 0 Å². The van der Waals surface area contributed by atoms with Gasteiger partial charge < -0.3 is 5.11 Å². The van der Waals surface area contributed by atoms with Crippen molar-refractivity contribution >= 4 is 0 Å². The first-order valence-electron chi connectivity index (χ1n) is 6.82. The van der Waals surface area contributed by atoms with Crippen LogP contribution in [-0.4, -0.2) is 10.7 Å². The Morgan fingerprint density at radius 2 is 1.81 bits per heavy atom. The number of hydrogen-bond acceptors (Lipinski definition) is 2.